The largest absolute Gasteiger partial charge is 0.332 e. The second kappa shape index (κ2) is 6.65. The monoisotopic (exact) mass is 390 g/mol. The molecule has 2 N–H and O–H groups in total. The average molecular weight is 390 g/mol. The summed E-state index contributed by atoms with van der Waals surface area (Å²) in [5, 5.41) is 6.14. The van der Waals surface area contributed by atoms with E-state index in [0.29, 0.717) is 5.11 Å². The van der Waals surface area contributed by atoms with Crippen LogP contribution in [-0.2, 0) is 11.2 Å². The molecule has 0 aromatic heterocycles. The zero-order valence-corrected chi connectivity index (χ0v) is 14.6. The van der Waals surface area contributed by atoms with E-state index in [9.17, 15) is 4.79 Å². The lowest BCUT2D eigenvalue weighted by Gasteiger charge is -2.19. The van der Waals surface area contributed by atoms with Crippen molar-refractivity contribution in [3.8, 4) is 0 Å². The van der Waals surface area contributed by atoms with Gasteiger partial charge in [0.2, 0.25) is 5.91 Å². The van der Waals surface area contributed by atoms with E-state index in [-0.39, 0.29) is 5.91 Å². The number of benzene rings is 1. The van der Waals surface area contributed by atoms with Gasteiger partial charge >= 0.3 is 0 Å². The topological polar surface area (TPSA) is 41.1 Å². The van der Waals surface area contributed by atoms with Gasteiger partial charge in [-0.25, -0.2) is 0 Å². The van der Waals surface area contributed by atoms with Gasteiger partial charge in [0.05, 0.1) is 0 Å². The van der Waals surface area contributed by atoms with Crippen molar-refractivity contribution >= 4 is 51.5 Å². The van der Waals surface area contributed by atoms with Gasteiger partial charge in [0, 0.05) is 14.7 Å². The number of thiocarbonyl (C=S) groups is 1. The maximum atomic E-state index is 11.8. The lowest BCUT2D eigenvalue weighted by molar-refractivity contribution is -0.126. The van der Waals surface area contributed by atoms with Crippen molar-refractivity contribution in [3.05, 3.63) is 27.3 Å². The molecule has 1 aromatic rings. The van der Waals surface area contributed by atoms with E-state index in [2.05, 4.69) is 46.2 Å². The molecule has 0 spiro atoms. The van der Waals surface area contributed by atoms with Gasteiger partial charge in [0.15, 0.2) is 5.11 Å². The normalized spacial score (nSPS) is 11.0. The molecule has 19 heavy (non-hydrogen) atoms. The number of carbonyl (C=O) groups excluding carboxylic acids is 1. The van der Waals surface area contributed by atoms with Crippen LogP contribution in [0.3, 0.4) is 0 Å². The molecule has 0 radical (unpaired) electrons. The van der Waals surface area contributed by atoms with Crippen LogP contribution in [0.15, 0.2) is 18.2 Å². The van der Waals surface area contributed by atoms with Crippen LogP contribution >= 0.6 is 34.8 Å². The molecule has 3 nitrogen and oxygen atoms in total. The van der Waals surface area contributed by atoms with Crippen molar-refractivity contribution in [2.45, 2.75) is 34.1 Å². The summed E-state index contributed by atoms with van der Waals surface area (Å²) in [5.41, 5.74) is 1.67. The van der Waals surface area contributed by atoms with E-state index in [0.717, 1.165) is 12.1 Å². The van der Waals surface area contributed by atoms with Crippen LogP contribution in [0, 0.1) is 8.99 Å². The molecule has 0 atom stereocenters. The Morgan fingerprint density at radius 2 is 2.00 bits per heavy atom. The number of amides is 1. The molecule has 1 amide bonds. The van der Waals surface area contributed by atoms with Gasteiger partial charge in [-0.1, -0.05) is 27.7 Å². The highest BCUT2D eigenvalue weighted by molar-refractivity contribution is 14.1. The molecule has 0 saturated carbocycles. The predicted octanol–water partition coefficient (Wildman–Crippen LogP) is 3.71. The summed E-state index contributed by atoms with van der Waals surface area (Å²) in [7, 11) is 0. The Morgan fingerprint density at radius 1 is 1.37 bits per heavy atom. The Morgan fingerprint density at radius 3 is 2.53 bits per heavy atom. The first-order valence-corrected chi connectivity index (χ1v) is 7.63. The van der Waals surface area contributed by atoms with Gasteiger partial charge in [0.25, 0.3) is 0 Å². The number of aryl methyl sites for hydroxylation is 1. The molecule has 1 aromatic carbocycles. The molecule has 0 aliphatic heterocycles. The van der Waals surface area contributed by atoms with Crippen molar-refractivity contribution in [1.82, 2.24) is 5.32 Å². The Hall–Kier alpha value is -0.690. The second-order valence-electron chi connectivity index (χ2n) is 5.31. The van der Waals surface area contributed by atoms with Gasteiger partial charge in [0.1, 0.15) is 0 Å². The molecular formula is C14H19IN2OS. The molecule has 0 aliphatic carbocycles. The smallest absolute Gasteiger partial charge is 0.231 e. The Bertz CT molecular complexity index is 495. The number of anilines is 1. The van der Waals surface area contributed by atoms with E-state index in [1.165, 1.54) is 9.13 Å². The second-order valence-corrected chi connectivity index (χ2v) is 6.97. The van der Waals surface area contributed by atoms with E-state index >= 15 is 0 Å². The number of rotatable bonds is 2. The Kier molecular flexibility index (Phi) is 5.73. The fraction of sp³-hybridized carbons (Fsp3) is 0.429. The van der Waals surface area contributed by atoms with Gasteiger partial charge in [-0.3, -0.25) is 4.79 Å². The highest BCUT2D eigenvalue weighted by Gasteiger charge is 2.22. The third-order valence-electron chi connectivity index (χ3n) is 2.60. The average Bonchev–Trinajstić information content (AvgIpc) is 2.30. The van der Waals surface area contributed by atoms with Crippen molar-refractivity contribution in [3.63, 3.8) is 0 Å². The van der Waals surface area contributed by atoms with Crippen LogP contribution in [0.1, 0.15) is 33.3 Å². The number of halogens is 1. The molecule has 0 unspecified atom stereocenters. The minimum absolute atomic E-state index is 0.0893. The fourth-order valence-electron chi connectivity index (χ4n) is 1.42. The summed E-state index contributed by atoms with van der Waals surface area (Å²) >= 11 is 7.46. The van der Waals surface area contributed by atoms with Gasteiger partial charge in [-0.2, -0.15) is 0 Å². The summed E-state index contributed by atoms with van der Waals surface area (Å²) < 4.78 is 1.18. The van der Waals surface area contributed by atoms with Crippen LogP contribution in [0.5, 0.6) is 0 Å². The summed E-state index contributed by atoms with van der Waals surface area (Å²) in [6, 6.07) is 6.10. The van der Waals surface area contributed by atoms with Crippen molar-refractivity contribution in [2.24, 2.45) is 5.41 Å². The molecule has 1 rings (SSSR count). The molecule has 104 valence electrons. The highest BCUT2D eigenvalue weighted by atomic mass is 127. The van der Waals surface area contributed by atoms with Gasteiger partial charge < -0.3 is 10.6 Å². The third-order valence-corrected chi connectivity index (χ3v) is 3.48. The molecule has 5 heteroatoms. The number of carbonyl (C=O) groups is 1. The van der Waals surface area contributed by atoms with Crippen LogP contribution in [0.2, 0.25) is 0 Å². The maximum absolute atomic E-state index is 11.8. The number of hydrogen-bond acceptors (Lipinski definition) is 2. The van der Waals surface area contributed by atoms with Crippen LogP contribution in [-0.4, -0.2) is 11.0 Å². The lowest BCUT2D eigenvalue weighted by Crippen LogP contribution is -2.41. The van der Waals surface area contributed by atoms with Crippen molar-refractivity contribution in [1.29, 1.82) is 0 Å². The van der Waals surface area contributed by atoms with E-state index in [1.54, 1.807) is 0 Å². The van der Waals surface area contributed by atoms with Crippen LogP contribution in [0.4, 0.5) is 5.69 Å². The maximum Gasteiger partial charge on any atom is 0.231 e. The quantitative estimate of drug-likeness (QED) is 0.598. The zero-order valence-electron chi connectivity index (χ0n) is 11.6. The molecule has 0 bridgehead atoms. The molecule has 0 fully saturated rings. The summed E-state index contributed by atoms with van der Waals surface area (Å²) in [5.74, 6) is -0.0893. The van der Waals surface area contributed by atoms with E-state index in [1.807, 2.05) is 32.9 Å². The molecule has 0 aliphatic rings. The highest BCUT2D eigenvalue weighted by Crippen LogP contribution is 2.19. The van der Waals surface area contributed by atoms with Crippen LogP contribution < -0.4 is 10.6 Å². The first-order chi connectivity index (χ1) is 8.74. The van der Waals surface area contributed by atoms with Gasteiger partial charge in [-0.15, -0.1) is 0 Å². The minimum Gasteiger partial charge on any atom is -0.332 e. The summed E-state index contributed by atoms with van der Waals surface area (Å²) in [6.45, 7) is 7.65. The van der Waals surface area contributed by atoms with Gasteiger partial charge in [-0.05, 0) is 65.0 Å². The SMILES string of the molecule is CCc1cc(I)ccc1NC(=S)NC(=O)C(C)(C)C. The predicted molar refractivity (Wildman–Crippen MR) is 92.4 cm³/mol. The molecule has 0 heterocycles. The first-order valence-electron chi connectivity index (χ1n) is 6.15. The Balaban J connectivity index is 2.75. The minimum atomic E-state index is -0.453. The molecular weight excluding hydrogens is 371 g/mol. The summed E-state index contributed by atoms with van der Waals surface area (Å²) in [4.78, 5) is 11.8. The lowest BCUT2D eigenvalue weighted by atomic mass is 9.96. The fourth-order valence-corrected chi connectivity index (χ4v) is 2.18. The van der Waals surface area contributed by atoms with Crippen molar-refractivity contribution < 1.29 is 4.79 Å². The zero-order chi connectivity index (χ0) is 14.6. The summed E-state index contributed by atoms with van der Waals surface area (Å²) in [6.07, 6.45) is 0.912. The van der Waals surface area contributed by atoms with E-state index in [4.69, 9.17) is 12.2 Å². The standard InChI is InChI=1S/C14H19IN2OS/c1-5-9-8-10(15)6-7-11(9)16-13(19)17-12(18)14(2,3)4/h6-8H,5H2,1-4H3,(H2,16,17,18,19). The van der Waals surface area contributed by atoms with E-state index < -0.39 is 5.41 Å². The van der Waals surface area contributed by atoms with Crippen LogP contribution in [0.25, 0.3) is 0 Å². The Labute approximate surface area is 133 Å². The number of hydrogen-bond donors (Lipinski definition) is 2. The van der Waals surface area contributed by atoms with Crippen molar-refractivity contribution in [2.75, 3.05) is 5.32 Å². The third kappa shape index (κ3) is 5.06. The molecule has 0 saturated heterocycles. The first kappa shape index (κ1) is 16.4. The number of nitrogens with one attached hydrogen (secondary N) is 2.